The molecule has 2 nitrogen and oxygen atoms in total. The van der Waals surface area contributed by atoms with E-state index >= 15 is 0 Å². The van der Waals surface area contributed by atoms with Crippen LogP contribution in [0.5, 0.6) is 0 Å². The maximum atomic E-state index is 9.40. The number of allylic oxidation sites excluding steroid dienone is 4. The van der Waals surface area contributed by atoms with Crippen LogP contribution >= 0.6 is 0 Å². The van der Waals surface area contributed by atoms with Gasteiger partial charge < -0.3 is 9.84 Å². The molecule has 0 aromatic rings. The second-order valence-electron chi connectivity index (χ2n) is 11.9. The fraction of sp³-hybridized carbons (Fsp3) is 0.857. The maximum absolute atomic E-state index is 9.40. The van der Waals surface area contributed by atoms with Gasteiger partial charge in [-0.15, -0.1) is 0 Å². The van der Waals surface area contributed by atoms with Gasteiger partial charge >= 0.3 is 0 Å². The van der Waals surface area contributed by atoms with Crippen LogP contribution in [0.15, 0.2) is 22.8 Å². The lowest BCUT2D eigenvalue weighted by Gasteiger charge is -2.48. The zero-order valence-electron chi connectivity index (χ0n) is 21.0. The minimum absolute atomic E-state index is 0.105. The Morgan fingerprint density at radius 3 is 2.40 bits per heavy atom. The summed E-state index contributed by atoms with van der Waals surface area (Å²) in [6.45, 7) is 15.9. The molecule has 0 aromatic carbocycles. The molecule has 2 fully saturated rings. The van der Waals surface area contributed by atoms with Crippen LogP contribution < -0.4 is 0 Å². The molecule has 4 rings (SSSR count). The van der Waals surface area contributed by atoms with Gasteiger partial charge in [0.1, 0.15) is 6.79 Å². The summed E-state index contributed by atoms with van der Waals surface area (Å²) in [6.07, 6.45) is 16.8. The molecular weight excluding hydrogens is 368 g/mol. The Bertz CT molecular complexity index is 687. The minimum atomic E-state index is -0.292. The van der Waals surface area contributed by atoms with Crippen LogP contribution in [0.4, 0.5) is 0 Å². The molecule has 0 aromatic heterocycles. The largest absolute Gasteiger partial charge is 0.371 e. The van der Waals surface area contributed by atoms with Crippen molar-refractivity contribution < 1.29 is 9.84 Å². The maximum Gasteiger partial charge on any atom is 0.144 e. The number of ether oxygens (including phenoxy) is 1. The van der Waals surface area contributed by atoms with E-state index in [1.807, 2.05) is 11.1 Å². The average molecular weight is 417 g/mol. The van der Waals surface area contributed by atoms with Gasteiger partial charge in [0.15, 0.2) is 0 Å². The Morgan fingerprint density at radius 2 is 1.73 bits per heavy atom. The molecule has 4 aliphatic rings. The standard InChI is InChI=1S/C25H40O2.C3H8/c1-22(2,27-17-26)24(4)14-10-18-8-9-19-20-7-6-12-23(20,3)13-11-21(19)25(18,5)16-15-24;1-3-2/h8,20,26H,6-7,9-17H2,1-5H3;3H2,1-2H3/t20-,23-,24?,25-;/m0./s1. The van der Waals surface area contributed by atoms with Crippen LogP contribution in [0.2, 0.25) is 0 Å². The fourth-order valence-corrected chi connectivity index (χ4v) is 7.14. The first-order chi connectivity index (χ1) is 14.1. The Hall–Kier alpha value is -0.600. The monoisotopic (exact) mass is 416 g/mol. The molecule has 172 valence electrons. The van der Waals surface area contributed by atoms with Crippen molar-refractivity contribution in [2.75, 3.05) is 6.79 Å². The third-order valence-electron chi connectivity index (χ3n) is 9.78. The van der Waals surface area contributed by atoms with Gasteiger partial charge in [-0.05, 0) is 88.4 Å². The van der Waals surface area contributed by atoms with E-state index in [-0.39, 0.29) is 23.2 Å². The molecule has 4 atom stereocenters. The molecule has 0 radical (unpaired) electrons. The van der Waals surface area contributed by atoms with Crippen LogP contribution in [-0.2, 0) is 4.74 Å². The first-order valence-electron chi connectivity index (χ1n) is 12.7. The highest BCUT2D eigenvalue weighted by atomic mass is 16.6. The van der Waals surface area contributed by atoms with Gasteiger partial charge in [-0.25, -0.2) is 0 Å². The highest BCUT2D eigenvalue weighted by Gasteiger charge is 2.52. The second kappa shape index (κ2) is 8.74. The van der Waals surface area contributed by atoms with Gasteiger partial charge in [0, 0.05) is 5.41 Å². The predicted molar refractivity (Wildman–Crippen MR) is 127 cm³/mol. The molecule has 0 aliphatic heterocycles. The molecule has 0 spiro atoms. The Balaban J connectivity index is 0.000000806. The van der Waals surface area contributed by atoms with Crippen LogP contribution in [0.25, 0.3) is 0 Å². The van der Waals surface area contributed by atoms with Crippen LogP contribution in [0, 0.1) is 22.2 Å². The summed E-state index contributed by atoms with van der Waals surface area (Å²) in [5, 5.41) is 9.40. The number of fused-ring (bicyclic) bond motifs is 4. The van der Waals surface area contributed by atoms with Gasteiger partial charge in [-0.3, -0.25) is 0 Å². The Labute approximate surface area is 186 Å². The summed E-state index contributed by atoms with van der Waals surface area (Å²) in [4.78, 5) is 0. The summed E-state index contributed by atoms with van der Waals surface area (Å²) in [6, 6.07) is 0. The van der Waals surface area contributed by atoms with Crippen molar-refractivity contribution in [3.63, 3.8) is 0 Å². The van der Waals surface area contributed by atoms with Gasteiger partial charge in [0.25, 0.3) is 0 Å². The lowest BCUT2D eigenvalue weighted by molar-refractivity contribution is -0.160. The van der Waals surface area contributed by atoms with E-state index in [0.717, 1.165) is 12.3 Å². The highest BCUT2D eigenvalue weighted by Crippen LogP contribution is 2.63. The lowest BCUT2D eigenvalue weighted by atomic mass is 9.57. The average Bonchev–Trinajstić information content (AvgIpc) is 3.01. The highest BCUT2D eigenvalue weighted by molar-refractivity contribution is 5.42. The Morgan fingerprint density at radius 1 is 1.03 bits per heavy atom. The predicted octanol–water partition coefficient (Wildman–Crippen LogP) is 7.96. The molecule has 0 saturated heterocycles. The minimum Gasteiger partial charge on any atom is -0.371 e. The summed E-state index contributed by atoms with van der Waals surface area (Å²) < 4.78 is 5.81. The SMILES string of the molecule is CC1(C(C)(C)OCO)CCC2=CCC3=C(CC[C@]4(C)CCC[C@@H]34)[C@@]2(C)CC1.CCC. The van der Waals surface area contributed by atoms with Gasteiger partial charge in [-0.2, -0.15) is 0 Å². The quantitative estimate of drug-likeness (QED) is 0.373. The van der Waals surface area contributed by atoms with E-state index < -0.39 is 0 Å². The van der Waals surface area contributed by atoms with Crippen LogP contribution in [-0.4, -0.2) is 17.5 Å². The van der Waals surface area contributed by atoms with Crippen molar-refractivity contribution in [1.82, 2.24) is 0 Å². The number of rotatable bonds is 3. The first-order valence-corrected chi connectivity index (χ1v) is 12.7. The zero-order chi connectivity index (χ0) is 22.2. The van der Waals surface area contributed by atoms with Crippen LogP contribution in [0.3, 0.4) is 0 Å². The molecule has 4 aliphatic carbocycles. The van der Waals surface area contributed by atoms with E-state index in [9.17, 15) is 5.11 Å². The summed E-state index contributed by atoms with van der Waals surface area (Å²) in [5.41, 5.74) is 6.03. The van der Waals surface area contributed by atoms with E-state index in [1.54, 1.807) is 5.57 Å². The summed E-state index contributed by atoms with van der Waals surface area (Å²) in [5.74, 6) is 0.847. The van der Waals surface area contributed by atoms with Gasteiger partial charge in [0.05, 0.1) is 5.60 Å². The molecule has 1 N–H and O–H groups in total. The van der Waals surface area contributed by atoms with Crippen LogP contribution in [0.1, 0.15) is 119 Å². The van der Waals surface area contributed by atoms with Crippen molar-refractivity contribution in [2.24, 2.45) is 22.2 Å². The Kier molecular flexibility index (Phi) is 7.00. The smallest absolute Gasteiger partial charge is 0.144 e. The van der Waals surface area contributed by atoms with E-state index in [4.69, 9.17) is 4.74 Å². The summed E-state index contributed by atoms with van der Waals surface area (Å²) in [7, 11) is 0. The first kappa shape index (κ1) is 24.1. The van der Waals surface area contributed by atoms with Gasteiger partial charge in [0.2, 0.25) is 0 Å². The van der Waals surface area contributed by atoms with E-state index in [2.05, 4.69) is 54.5 Å². The number of aliphatic hydroxyl groups excluding tert-OH is 1. The topological polar surface area (TPSA) is 29.5 Å². The summed E-state index contributed by atoms with van der Waals surface area (Å²) >= 11 is 0. The number of hydrogen-bond acceptors (Lipinski definition) is 2. The molecule has 0 heterocycles. The molecule has 30 heavy (non-hydrogen) atoms. The van der Waals surface area contributed by atoms with Crippen molar-refractivity contribution in [2.45, 2.75) is 125 Å². The zero-order valence-corrected chi connectivity index (χ0v) is 21.0. The van der Waals surface area contributed by atoms with Crippen molar-refractivity contribution >= 4 is 0 Å². The van der Waals surface area contributed by atoms with E-state index in [0.29, 0.717) is 5.41 Å². The number of aliphatic hydroxyl groups is 1. The number of hydrogen-bond donors (Lipinski definition) is 1. The third kappa shape index (κ3) is 3.96. The normalized spacial score (nSPS) is 38.5. The van der Waals surface area contributed by atoms with Crippen molar-refractivity contribution in [3.05, 3.63) is 22.8 Å². The molecule has 0 bridgehead atoms. The third-order valence-corrected chi connectivity index (χ3v) is 9.78. The molecular formula is C28H48O2. The van der Waals surface area contributed by atoms with Gasteiger partial charge in [-0.1, -0.05) is 70.3 Å². The molecule has 1 unspecified atom stereocenters. The fourth-order valence-electron chi connectivity index (χ4n) is 7.14. The van der Waals surface area contributed by atoms with E-state index in [1.165, 1.54) is 64.2 Å². The molecule has 2 heteroatoms. The molecule has 2 saturated carbocycles. The van der Waals surface area contributed by atoms with Crippen molar-refractivity contribution in [1.29, 1.82) is 0 Å². The molecule has 0 amide bonds. The lowest BCUT2D eigenvalue weighted by Crippen LogP contribution is -2.44. The second-order valence-corrected chi connectivity index (χ2v) is 11.9. The van der Waals surface area contributed by atoms with Crippen molar-refractivity contribution in [3.8, 4) is 0 Å².